The van der Waals surface area contributed by atoms with E-state index >= 15 is 0 Å². The van der Waals surface area contributed by atoms with Crippen LogP contribution in [0.25, 0.3) is 0 Å². The Bertz CT molecular complexity index is 2290. The first-order chi connectivity index (χ1) is 33.6. The zero-order valence-corrected chi connectivity index (χ0v) is 39.1. The molecular formula is C52H59NO16. The highest BCUT2D eigenvalue weighted by Crippen LogP contribution is 2.40. The second kappa shape index (κ2) is 23.2. The van der Waals surface area contributed by atoms with Gasteiger partial charge in [0.25, 0.3) is 0 Å². The van der Waals surface area contributed by atoms with Crippen LogP contribution < -0.4 is 5.32 Å². The molecule has 8 rings (SSSR count). The van der Waals surface area contributed by atoms with Crippen molar-refractivity contribution in [2.75, 3.05) is 14.2 Å². The predicted molar refractivity (Wildman–Crippen MR) is 243 cm³/mol. The van der Waals surface area contributed by atoms with Crippen molar-refractivity contribution in [3.8, 4) is 0 Å². The minimum atomic E-state index is -1.41. The molecule has 0 aliphatic carbocycles. The lowest BCUT2D eigenvalue weighted by atomic mass is 9.89. The molecule has 0 aromatic heterocycles. The molecule has 1 amide bonds. The summed E-state index contributed by atoms with van der Waals surface area (Å²) in [6.07, 6.45) is -14.8. The molecule has 15 atom stereocenters. The van der Waals surface area contributed by atoms with Gasteiger partial charge in [-0.1, -0.05) is 123 Å². The summed E-state index contributed by atoms with van der Waals surface area (Å²) in [6, 6.07) is 35.8. The van der Waals surface area contributed by atoms with E-state index in [4.69, 9.17) is 56.8 Å². The summed E-state index contributed by atoms with van der Waals surface area (Å²) in [5.41, 5.74) is 2.85. The van der Waals surface area contributed by atoms with Crippen LogP contribution in [-0.2, 0) is 86.3 Å². The van der Waals surface area contributed by atoms with Crippen LogP contribution in [0, 0.1) is 5.92 Å². The molecule has 4 aliphatic heterocycles. The molecule has 69 heavy (non-hydrogen) atoms. The Labute approximate surface area is 400 Å². The molecule has 4 aromatic rings. The van der Waals surface area contributed by atoms with E-state index in [-0.39, 0.29) is 25.4 Å². The fourth-order valence-electron chi connectivity index (χ4n) is 9.18. The number of benzene rings is 4. The summed E-state index contributed by atoms with van der Waals surface area (Å²) in [4.78, 5) is 54.1. The van der Waals surface area contributed by atoms with Crippen molar-refractivity contribution >= 4 is 24.0 Å². The highest BCUT2D eigenvalue weighted by molar-refractivity contribution is 5.89. The maximum Gasteiger partial charge on any atom is 0.408 e. The Morgan fingerprint density at radius 2 is 1.07 bits per heavy atom. The van der Waals surface area contributed by atoms with Crippen molar-refractivity contribution in [1.82, 2.24) is 5.32 Å². The number of esters is 3. The largest absolute Gasteiger partial charge is 0.467 e. The molecule has 4 heterocycles. The first-order valence-electron chi connectivity index (χ1n) is 23.2. The zero-order valence-electron chi connectivity index (χ0n) is 39.1. The topological polar surface area (TPSA) is 191 Å². The SMILES string of the molecule is CCC1O[C@@H](O[C@H]2C(C(=O)OC)O[C@@H](C)C(OC(=O)c3ccccc3)[C@@H]2OCc2ccccc2)[C@@H]2NC(=O)OC2[C@H]1O[C@@H]1OC(C(=O)OC)[C@H](C)[C@H](OCc2ccccc2)C1OCc1ccccc1. The maximum atomic E-state index is 13.6. The number of amides is 1. The second-order valence-corrected chi connectivity index (χ2v) is 17.3. The fourth-order valence-corrected chi connectivity index (χ4v) is 9.18. The van der Waals surface area contributed by atoms with E-state index in [0.29, 0.717) is 6.42 Å². The molecule has 17 heteroatoms. The van der Waals surface area contributed by atoms with Gasteiger partial charge in [-0.15, -0.1) is 0 Å². The number of fused-ring (bicyclic) bond motifs is 1. The number of carbonyl (C=O) groups excluding carboxylic acids is 4. The lowest BCUT2D eigenvalue weighted by Gasteiger charge is -2.49. The molecule has 0 spiro atoms. The number of nitrogens with one attached hydrogen (secondary N) is 1. The summed E-state index contributed by atoms with van der Waals surface area (Å²) in [5.74, 6) is -2.64. The van der Waals surface area contributed by atoms with E-state index in [1.165, 1.54) is 14.2 Å². The lowest BCUT2D eigenvalue weighted by Crippen LogP contribution is -2.67. The molecule has 4 saturated heterocycles. The van der Waals surface area contributed by atoms with Crippen LogP contribution in [0.4, 0.5) is 4.79 Å². The molecule has 0 bridgehead atoms. The number of ether oxygens (including phenoxy) is 12. The van der Waals surface area contributed by atoms with Crippen molar-refractivity contribution in [3.05, 3.63) is 144 Å². The number of methoxy groups -OCH3 is 2. The standard InChI is InChI=1S/C52H59NO16/c1-6-36-41(67-51-46(62-29-34-23-15-9-16-24-34)38(30(2)39(66-51)48(55)58-4)60-27-32-19-11-7-12-20-32)42-37(53-52(57)69-42)50(64-36)68-44-43(61-28-33-21-13-8-14-22-33)40(31(3)63-45(44)49(56)59-5)65-47(54)35-25-17-10-18-26-35/h7-26,30-31,36-46,50-51H,6,27-29H2,1-5H3,(H,53,57)/t30-,31+,36?,37-,38+,39?,40?,41+,42?,43+,44-,45?,46?,50+,51+/m1/s1. The summed E-state index contributed by atoms with van der Waals surface area (Å²) >= 11 is 0. The molecule has 4 aliphatic rings. The third kappa shape index (κ3) is 11.6. The van der Waals surface area contributed by atoms with Gasteiger partial charge in [0.15, 0.2) is 37.0 Å². The molecule has 6 unspecified atom stereocenters. The summed E-state index contributed by atoms with van der Waals surface area (Å²) in [6.45, 7) is 5.71. The lowest BCUT2D eigenvalue weighted by molar-refractivity contribution is -0.352. The normalized spacial score (nSPS) is 31.9. The Kier molecular flexibility index (Phi) is 16.7. The molecule has 4 aromatic carbocycles. The quantitative estimate of drug-likeness (QED) is 0.0923. The number of hydrogen-bond donors (Lipinski definition) is 1. The minimum Gasteiger partial charge on any atom is -0.467 e. The van der Waals surface area contributed by atoms with Gasteiger partial charge in [0, 0.05) is 5.92 Å². The van der Waals surface area contributed by atoms with Gasteiger partial charge in [-0.2, -0.15) is 0 Å². The van der Waals surface area contributed by atoms with Crippen molar-refractivity contribution in [2.24, 2.45) is 5.92 Å². The zero-order chi connectivity index (χ0) is 48.4. The number of hydrogen-bond acceptors (Lipinski definition) is 16. The summed E-state index contributed by atoms with van der Waals surface area (Å²) < 4.78 is 75.5. The van der Waals surface area contributed by atoms with E-state index in [0.717, 1.165) is 16.7 Å². The van der Waals surface area contributed by atoms with E-state index in [1.54, 1.807) is 37.3 Å². The molecule has 0 radical (unpaired) electrons. The maximum absolute atomic E-state index is 13.6. The first-order valence-corrected chi connectivity index (χ1v) is 23.2. The Hall–Kier alpha value is -5.76. The van der Waals surface area contributed by atoms with Gasteiger partial charge in [-0.25, -0.2) is 19.2 Å². The monoisotopic (exact) mass is 953 g/mol. The van der Waals surface area contributed by atoms with Gasteiger partial charge >= 0.3 is 24.0 Å². The molecule has 0 saturated carbocycles. The van der Waals surface area contributed by atoms with Gasteiger partial charge in [0.1, 0.15) is 30.5 Å². The van der Waals surface area contributed by atoms with E-state index in [2.05, 4.69) is 5.32 Å². The molecule has 17 nitrogen and oxygen atoms in total. The van der Waals surface area contributed by atoms with Crippen LogP contribution in [0.1, 0.15) is 54.2 Å². The Morgan fingerprint density at radius 3 is 1.62 bits per heavy atom. The molecule has 4 fully saturated rings. The van der Waals surface area contributed by atoms with Gasteiger partial charge in [0.05, 0.1) is 57.9 Å². The summed E-state index contributed by atoms with van der Waals surface area (Å²) in [5, 5.41) is 2.81. The van der Waals surface area contributed by atoms with Crippen LogP contribution in [-0.4, -0.2) is 124 Å². The van der Waals surface area contributed by atoms with Gasteiger partial charge in [-0.05, 0) is 42.2 Å². The second-order valence-electron chi connectivity index (χ2n) is 17.3. The molecule has 1 N–H and O–H groups in total. The van der Waals surface area contributed by atoms with Crippen molar-refractivity contribution in [3.63, 3.8) is 0 Å². The van der Waals surface area contributed by atoms with Crippen LogP contribution >= 0.6 is 0 Å². The van der Waals surface area contributed by atoms with Crippen LogP contribution in [0.3, 0.4) is 0 Å². The molecular weight excluding hydrogens is 895 g/mol. The van der Waals surface area contributed by atoms with E-state index in [1.807, 2.05) is 105 Å². The minimum absolute atomic E-state index is 0.0342. The van der Waals surface area contributed by atoms with Gasteiger partial charge in [-0.3, -0.25) is 0 Å². The van der Waals surface area contributed by atoms with Crippen LogP contribution in [0.15, 0.2) is 121 Å². The van der Waals surface area contributed by atoms with Crippen molar-refractivity contribution in [2.45, 2.75) is 133 Å². The van der Waals surface area contributed by atoms with E-state index < -0.39 is 116 Å². The highest BCUT2D eigenvalue weighted by atomic mass is 16.8. The number of alkyl carbamates (subject to hydrolysis) is 1. The van der Waals surface area contributed by atoms with E-state index in [9.17, 15) is 19.2 Å². The number of rotatable bonds is 18. The van der Waals surface area contributed by atoms with Gasteiger partial charge in [0.2, 0.25) is 0 Å². The van der Waals surface area contributed by atoms with Crippen molar-refractivity contribution in [1.29, 1.82) is 0 Å². The summed E-state index contributed by atoms with van der Waals surface area (Å²) in [7, 11) is 2.49. The first kappa shape index (κ1) is 49.7. The van der Waals surface area contributed by atoms with Crippen molar-refractivity contribution < 1.29 is 76.0 Å². The fraction of sp³-hybridized carbons (Fsp3) is 0.462. The Balaban J connectivity index is 1.10. The van der Waals surface area contributed by atoms with Gasteiger partial charge < -0.3 is 62.2 Å². The van der Waals surface area contributed by atoms with Crippen LogP contribution in [0.5, 0.6) is 0 Å². The number of carbonyl (C=O) groups is 4. The smallest absolute Gasteiger partial charge is 0.408 e. The Morgan fingerprint density at radius 1 is 0.565 bits per heavy atom. The molecule has 368 valence electrons. The third-order valence-corrected chi connectivity index (χ3v) is 12.8. The predicted octanol–water partition coefficient (Wildman–Crippen LogP) is 5.84. The highest BCUT2D eigenvalue weighted by Gasteiger charge is 2.59. The third-order valence-electron chi connectivity index (χ3n) is 12.8. The average molecular weight is 954 g/mol. The van der Waals surface area contributed by atoms with Crippen LogP contribution in [0.2, 0.25) is 0 Å². The average Bonchev–Trinajstić information content (AvgIpc) is 3.79.